The summed E-state index contributed by atoms with van der Waals surface area (Å²) in [4.78, 5) is 5.27. The zero-order chi connectivity index (χ0) is 26.5. The molecule has 2 heteroatoms. The Hall–Kier alpha value is -5.21. The third-order valence-electron chi connectivity index (χ3n) is 8.00. The fourth-order valence-electron chi connectivity index (χ4n) is 6.14. The first-order valence-electron chi connectivity index (χ1n) is 13.7. The molecule has 188 valence electrons. The van der Waals surface area contributed by atoms with Crippen LogP contribution in [0.3, 0.4) is 0 Å². The van der Waals surface area contributed by atoms with Crippen LogP contribution in [0.15, 0.2) is 155 Å². The second-order valence-electron chi connectivity index (χ2n) is 10.3. The number of aliphatic imine (C=N–C) groups is 1. The van der Waals surface area contributed by atoms with Gasteiger partial charge in [0.05, 0.1) is 17.3 Å². The fourth-order valence-corrected chi connectivity index (χ4v) is 6.14. The lowest BCUT2D eigenvalue weighted by atomic mass is 9.80. The summed E-state index contributed by atoms with van der Waals surface area (Å²) in [5.41, 5.74) is 12.1. The van der Waals surface area contributed by atoms with Crippen molar-refractivity contribution in [3.63, 3.8) is 0 Å². The molecule has 8 rings (SSSR count). The average molecular weight is 512 g/mol. The summed E-state index contributed by atoms with van der Waals surface area (Å²) in [6.45, 7) is 0. The molecule has 2 nitrogen and oxygen atoms in total. The van der Waals surface area contributed by atoms with E-state index in [0.29, 0.717) is 0 Å². The molecule has 0 aliphatic carbocycles. The van der Waals surface area contributed by atoms with Gasteiger partial charge in [-0.15, -0.1) is 0 Å². The van der Waals surface area contributed by atoms with Crippen molar-refractivity contribution in [2.24, 2.45) is 4.99 Å². The summed E-state index contributed by atoms with van der Waals surface area (Å²) in [5, 5.41) is 2.25. The molecular weight excluding hydrogens is 486 g/mol. The van der Waals surface area contributed by atoms with Crippen LogP contribution in [0.4, 0.5) is 5.69 Å². The number of hydrogen-bond acceptors (Lipinski definition) is 2. The minimum absolute atomic E-state index is 0.0324. The van der Waals surface area contributed by atoms with Gasteiger partial charge in [0.15, 0.2) is 0 Å². The Morgan fingerprint density at radius 3 is 2.02 bits per heavy atom. The number of nitrogens with zero attached hydrogens (tertiary/aromatic N) is 1. The molecule has 1 unspecified atom stereocenters. The Balaban J connectivity index is 1.38. The molecule has 0 amide bonds. The summed E-state index contributed by atoms with van der Waals surface area (Å²) >= 11 is 0. The van der Waals surface area contributed by atoms with E-state index in [1.807, 2.05) is 12.1 Å². The zero-order valence-corrected chi connectivity index (χ0v) is 21.8. The van der Waals surface area contributed by atoms with E-state index in [1.54, 1.807) is 0 Å². The number of rotatable bonds is 4. The summed E-state index contributed by atoms with van der Waals surface area (Å²) < 4.78 is 6.49. The monoisotopic (exact) mass is 511 g/mol. The van der Waals surface area contributed by atoms with E-state index >= 15 is 0 Å². The smallest absolute Gasteiger partial charge is 0.144 e. The maximum atomic E-state index is 6.49. The van der Waals surface area contributed by atoms with E-state index in [0.717, 1.165) is 38.9 Å². The summed E-state index contributed by atoms with van der Waals surface area (Å²) in [7, 11) is 0. The lowest BCUT2D eigenvalue weighted by Crippen LogP contribution is -2.13. The van der Waals surface area contributed by atoms with Crippen LogP contribution < -0.4 is 0 Å². The lowest BCUT2D eigenvalue weighted by Gasteiger charge is -2.21. The predicted octanol–water partition coefficient (Wildman–Crippen LogP) is 10.2. The molecule has 1 atom stereocenters. The second kappa shape index (κ2) is 9.21. The molecule has 0 fully saturated rings. The van der Waals surface area contributed by atoms with Gasteiger partial charge in [0, 0.05) is 16.3 Å². The van der Waals surface area contributed by atoms with Crippen molar-refractivity contribution in [1.29, 1.82) is 0 Å². The first kappa shape index (κ1) is 22.7. The van der Waals surface area contributed by atoms with Crippen LogP contribution in [0.25, 0.3) is 44.2 Å². The van der Waals surface area contributed by atoms with Crippen molar-refractivity contribution < 1.29 is 4.42 Å². The Bertz CT molecular complexity index is 2050. The summed E-state index contributed by atoms with van der Waals surface area (Å²) in [6, 6.07) is 51.4. The van der Waals surface area contributed by atoms with Gasteiger partial charge in [0.25, 0.3) is 0 Å². The van der Waals surface area contributed by atoms with Crippen molar-refractivity contribution in [2.75, 3.05) is 0 Å². The minimum Gasteiger partial charge on any atom is -0.455 e. The van der Waals surface area contributed by atoms with Crippen molar-refractivity contribution in [1.82, 2.24) is 0 Å². The zero-order valence-electron chi connectivity index (χ0n) is 21.8. The normalized spacial score (nSPS) is 14.4. The molecule has 1 aliphatic rings. The summed E-state index contributed by atoms with van der Waals surface area (Å²) in [6.07, 6.45) is 0. The highest BCUT2D eigenvalue weighted by molar-refractivity contribution is 6.20. The summed E-state index contributed by atoms with van der Waals surface area (Å²) in [5.74, 6) is -0.0324. The van der Waals surface area contributed by atoms with Crippen LogP contribution >= 0.6 is 0 Å². The first-order chi connectivity index (χ1) is 19.8. The second-order valence-corrected chi connectivity index (χ2v) is 10.3. The molecule has 0 spiro atoms. The van der Waals surface area contributed by atoms with Crippen molar-refractivity contribution in [3.8, 4) is 22.3 Å². The molecule has 2 heterocycles. The molecule has 0 saturated heterocycles. The number of hydrogen-bond donors (Lipinski definition) is 0. The largest absolute Gasteiger partial charge is 0.455 e. The van der Waals surface area contributed by atoms with Gasteiger partial charge < -0.3 is 4.42 Å². The average Bonchev–Trinajstić information content (AvgIpc) is 3.60. The van der Waals surface area contributed by atoms with Gasteiger partial charge in [0.1, 0.15) is 11.2 Å². The molecule has 0 bridgehead atoms. The van der Waals surface area contributed by atoms with Crippen molar-refractivity contribution in [2.45, 2.75) is 5.92 Å². The molecule has 0 saturated carbocycles. The number of fused-ring (bicyclic) bond motifs is 4. The van der Waals surface area contributed by atoms with Gasteiger partial charge in [-0.1, -0.05) is 121 Å². The van der Waals surface area contributed by atoms with Crippen LogP contribution in [0, 0.1) is 0 Å². The van der Waals surface area contributed by atoms with Gasteiger partial charge in [-0.05, 0) is 57.6 Å². The molecule has 1 aliphatic heterocycles. The third kappa shape index (κ3) is 3.61. The van der Waals surface area contributed by atoms with Crippen molar-refractivity contribution >= 4 is 33.3 Å². The molecule has 40 heavy (non-hydrogen) atoms. The quantitative estimate of drug-likeness (QED) is 0.231. The van der Waals surface area contributed by atoms with E-state index in [4.69, 9.17) is 9.41 Å². The Morgan fingerprint density at radius 1 is 0.475 bits per heavy atom. The predicted molar refractivity (Wildman–Crippen MR) is 166 cm³/mol. The SMILES string of the molecule is c1ccc(-c2ccc(C3C(c4cccc5c4oc4ccccc45)=Nc4ccccc43)c(-c3ccccc3)c2)cc1. The van der Waals surface area contributed by atoms with Crippen molar-refractivity contribution in [3.05, 3.63) is 162 Å². The molecule has 6 aromatic carbocycles. The van der Waals surface area contributed by atoms with Crippen LogP contribution in [0.5, 0.6) is 0 Å². The van der Waals surface area contributed by atoms with E-state index in [9.17, 15) is 0 Å². The highest BCUT2D eigenvalue weighted by Crippen LogP contribution is 2.46. The van der Waals surface area contributed by atoms with Gasteiger partial charge in [-0.25, -0.2) is 0 Å². The maximum absolute atomic E-state index is 6.49. The lowest BCUT2D eigenvalue weighted by molar-refractivity contribution is 0.668. The number of furan rings is 1. The van der Waals surface area contributed by atoms with Gasteiger partial charge >= 0.3 is 0 Å². The topological polar surface area (TPSA) is 25.5 Å². The standard InChI is InChI=1S/C38H25NO/c1-3-12-25(13-4-1)27-22-23-29(33(24-27)26-14-5-2-6-15-26)36-31-17-7-9-20-34(31)39-37(36)32-19-11-18-30-28-16-8-10-21-35(28)40-38(30)32/h1-24,36H. The highest BCUT2D eigenvalue weighted by atomic mass is 16.3. The molecule has 7 aromatic rings. The fraction of sp³-hybridized carbons (Fsp3) is 0.0263. The molecular formula is C38H25NO. The minimum atomic E-state index is -0.0324. The van der Waals surface area contributed by atoms with Gasteiger partial charge in [-0.3, -0.25) is 4.99 Å². The number of para-hydroxylation sites is 3. The van der Waals surface area contributed by atoms with Gasteiger partial charge in [-0.2, -0.15) is 0 Å². The van der Waals surface area contributed by atoms with E-state index in [2.05, 4.69) is 133 Å². The Labute approximate surface area is 232 Å². The highest BCUT2D eigenvalue weighted by Gasteiger charge is 2.33. The maximum Gasteiger partial charge on any atom is 0.144 e. The van der Waals surface area contributed by atoms with Crippen LogP contribution in [-0.2, 0) is 0 Å². The van der Waals surface area contributed by atoms with Crippen LogP contribution in [-0.4, -0.2) is 5.71 Å². The molecule has 0 radical (unpaired) electrons. The third-order valence-corrected chi connectivity index (χ3v) is 8.00. The van der Waals surface area contributed by atoms with Crippen LogP contribution in [0.2, 0.25) is 0 Å². The Kier molecular flexibility index (Phi) is 5.24. The van der Waals surface area contributed by atoms with E-state index < -0.39 is 0 Å². The molecule has 0 N–H and O–H groups in total. The molecule has 1 aromatic heterocycles. The van der Waals surface area contributed by atoms with Gasteiger partial charge in [0.2, 0.25) is 0 Å². The van der Waals surface area contributed by atoms with Crippen LogP contribution in [0.1, 0.15) is 22.6 Å². The number of benzene rings is 6. The van der Waals surface area contributed by atoms with E-state index in [1.165, 1.54) is 33.4 Å². The first-order valence-corrected chi connectivity index (χ1v) is 13.7. The Morgan fingerprint density at radius 2 is 1.18 bits per heavy atom. The van der Waals surface area contributed by atoms with E-state index in [-0.39, 0.29) is 5.92 Å².